The lowest BCUT2D eigenvalue weighted by Crippen LogP contribution is -2.54. The van der Waals surface area contributed by atoms with Crippen molar-refractivity contribution in [3.63, 3.8) is 0 Å². The number of hydrogen-bond donors (Lipinski definition) is 7. The highest BCUT2D eigenvalue weighted by Crippen LogP contribution is 2.38. The van der Waals surface area contributed by atoms with Gasteiger partial charge in [0, 0.05) is 50.3 Å². The Morgan fingerprint density at radius 2 is 1.72 bits per heavy atom. The maximum atomic E-state index is 13.3. The van der Waals surface area contributed by atoms with Crippen molar-refractivity contribution in [2.24, 2.45) is 17.8 Å². The van der Waals surface area contributed by atoms with E-state index >= 15 is 0 Å². The van der Waals surface area contributed by atoms with Gasteiger partial charge in [-0.05, 0) is 73.7 Å². The van der Waals surface area contributed by atoms with Crippen LogP contribution in [0.2, 0.25) is 0 Å². The van der Waals surface area contributed by atoms with Crippen molar-refractivity contribution in [1.82, 2.24) is 46.4 Å². The van der Waals surface area contributed by atoms with Crippen LogP contribution < -0.4 is 42.0 Å². The third-order valence-electron chi connectivity index (χ3n) is 13.0. The zero-order valence-corrected chi connectivity index (χ0v) is 38.5. The maximum Gasteiger partial charge on any atom is 0.266 e. The lowest BCUT2D eigenvalue weighted by atomic mass is 9.88. The fourth-order valence-electron chi connectivity index (χ4n) is 9.18. The predicted molar refractivity (Wildman–Crippen MR) is 240 cm³/mol. The van der Waals surface area contributed by atoms with Crippen molar-refractivity contribution in [2.45, 2.75) is 68.3 Å². The number of carbonyl (C=O) groups is 8. The van der Waals surface area contributed by atoms with Gasteiger partial charge in [0.1, 0.15) is 23.5 Å². The average molecular weight is 966 g/mol. The van der Waals surface area contributed by atoms with Crippen molar-refractivity contribution >= 4 is 69.0 Å². The zero-order chi connectivity index (χ0) is 47.4. The Morgan fingerprint density at radius 1 is 0.910 bits per heavy atom. The quantitative estimate of drug-likeness (QED) is 0.0699. The smallest absolute Gasteiger partial charge is 0.266 e. The topological polar surface area (TPSA) is 280 Å². The summed E-state index contributed by atoms with van der Waals surface area (Å²) < 4.78 is 36.6. The summed E-state index contributed by atoms with van der Waals surface area (Å²) in [5, 5.41) is 20.3. The van der Waals surface area contributed by atoms with E-state index in [1.165, 1.54) is 28.1 Å². The molecule has 4 saturated heterocycles. The number of ether oxygens (including phenoxy) is 2. The second-order valence-electron chi connectivity index (χ2n) is 17.6. The van der Waals surface area contributed by atoms with Crippen LogP contribution in [0, 0.1) is 17.8 Å². The summed E-state index contributed by atoms with van der Waals surface area (Å²) in [7, 11) is -3.36. The van der Waals surface area contributed by atoms with E-state index in [0.29, 0.717) is 26.0 Å². The first-order chi connectivity index (χ1) is 32.1. The van der Waals surface area contributed by atoms with Crippen LogP contribution in [0.5, 0.6) is 5.75 Å². The fraction of sp³-hybridized carbons (Fsp3) is 0.545. The van der Waals surface area contributed by atoms with Gasteiger partial charge in [-0.3, -0.25) is 59.2 Å². The number of hydrogen-bond acceptors (Lipinski definition) is 15. The number of imide groups is 2. The van der Waals surface area contributed by atoms with Gasteiger partial charge in [-0.1, -0.05) is 30.3 Å². The van der Waals surface area contributed by atoms with Crippen LogP contribution in [0.1, 0.15) is 82.3 Å². The molecule has 5 heterocycles. The molecule has 0 radical (unpaired) electrons. The van der Waals surface area contributed by atoms with Crippen LogP contribution in [-0.2, 0) is 43.5 Å². The Kier molecular flexibility index (Phi) is 14.9. The number of nitrogens with zero attached hydrogens (tertiary/aromatic N) is 2. The molecule has 6 aliphatic rings. The highest BCUT2D eigenvalue weighted by Gasteiger charge is 2.46. The molecule has 8 unspecified atom stereocenters. The summed E-state index contributed by atoms with van der Waals surface area (Å²) >= 11 is 1.57. The molecule has 8 atom stereocenters. The molecule has 0 bridgehead atoms. The molecule has 8 amide bonds. The molecular weight excluding hydrogens is 911 g/mol. The van der Waals surface area contributed by atoms with E-state index < -0.39 is 58.1 Å². The molecule has 5 fully saturated rings. The lowest BCUT2D eigenvalue weighted by molar-refractivity contribution is -0.136. The van der Waals surface area contributed by atoms with Crippen LogP contribution in [0.3, 0.4) is 0 Å². The summed E-state index contributed by atoms with van der Waals surface area (Å²) in [5.74, 6) is -3.66. The molecule has 67 heavy (non-hydrogen) atoms. The molecule has 1 aliphatic carbocycles. The second kappa shape index (κ2) is 20.8. The van der Waals surface area contributed by atoms with Gasteiger partial charge < -0.3 is 30.7 Å². The molecule has 0 aromatic heterocycles. The van der Waals surface area contributed by atoms with Crippen molar-refractivity contribution in [3.05, 3.63) is 64.7 Å². The summed E-state index contributed by atoms with van der Waals surface area (Å²) in [6, 6.07) is 11.7. The standard InChI is InChI=1S/C44H55N9O12S2/c1-67(62,63)52-14-11-27(21-52)39(57)48-20-35(55)51-44-49-31(23-66-44)26-5-2-4-24(16-26)25-10-12-45-37(18-25)64-15-13-46-40(58)30-17-28(30)19-47-36(56)22-65-33-7-3-6-29-38(33)43(61)53(42(29)60)32-8-9-34(54)50-41(32)59/h2-7,16,25,27-28,30-32,37,44-45,49H,8-15,17-23H2,1H3,(H,46,58)(H,47,56)(H,48,57)(H,51,55)(H,50,54,59). The average Bonchev–Trinajstić information content (AvgIpc) is 3.55. The molecule has 5 aliphatic heterocycles. The first kappa shape index (κ1) is 48.0. The van der Waals surface area contributed by atoms with Gasteiger partial charge in [0.05, 0.1) is 36.5 Å². The van der Waals surface area contributed by atoms with Crippen LogP contribution in [0.25, 0.3) is 0 Å². The van der Waals surface area contributed by atoms with E-state index in [-0.39, 0.29) is 109 Å². The number of carbonyl (C=O) groups excluding carboxylic acids is 8. The molecular formula is C44H55N9O12S2. The number of thioether (sulfide) groups is 1. The Bertz CT molecular complexity index is 2420. The summed E-state index contributed by atoms with van der Waals surface area (Å²) in [4.78, 5) is 102. The molecule has 360 valence electrons. The lowest BCUT2D eigenvalue weighted by Gasteiger charge is -2.31. The van der Waals surface area contributed by atoms with E-state index in [0.717, 1.165) is 41.9 Å². The monoisotopic (exact) mass is 965 g/mol. The van der Waals surface area contributed by atoms with E-state index in [9.17, 15) is 46.8 Å². The van der Waals surface area contributed by atoms with E-state index in [2.05, 4.69) is 55.4 Å². The van der Waals surface area contributed by atoms with Gasteiger partial charge in [-0.25, -0.2) is 12.7 Å². The van der Waals surface area contributed by atoms with Gasteiger partial charge in [-0.2, -0.15) is 0 Å². The van der Waals surface area contributed by atoms with Crippen LogP contribution in [-0.4, -0.2) is 147 Å². The van der Waals surface area contributed by atoms with Gasteiger partial charge in [0.2, 0.25) is 39.6 Å². The maximum absolute atomic E-state index is 13.3. The molecule has 8 rings (SSSR count). The second-order valence-corrected chi connectivity index (χ2v) is 20.8. The van der Waals surface area contributed by atoms with Crippen LogP contribution in [0.4, 0.5) is 0 Å². The Labute approximate surface area is 391 Å². The zero-order valence-electron chi connectivity index (χ0n) is 36.9. The normalized spacial score (nSPS) is 27.3. The number of amides is 8. The summed E-state index contributed by atoms with van der Waals surface area (Å²) in [6.45, 7) is 1.42. The molecule has 7 N–H and O–H groups in total. The molecule has 21 nitrogen and oxygen atoms in total. The number of benzene rings is 2. The SMILES string of the molecule is CS(=O)(=O)N1CCC(C(=O)NCC(=O)NC2NC(c3cccc(C4CCNC(OCCNC(=O)C5CC5CNC(=O)COc5cccc6c5C(=O)N(C5CCC(=O)NC5=O)C6=O)C4)c3)CS2)C1. The Balaban J connectivity index is 0.700. The first-order valence-corrected chi connectivity index (χ1v) is 25.4. The van der Waals surface area contributed by atoms with E-state index in [1.807, 2.05) is 6.07 Å². The molecule has 2 aromatic rings. The third-order valence-corrected chi connectivity index (χ3v) is 15.3. The van der Waals surface area contributed by atoms with Crippen molar-refractivity contribution < 1.29 is 56.2 Å². The molecule has 1 saturated carbocycles. The summed E-state index contributed by atoms with van der Waals surface area (Å²) in [6.07, 6.45) is 3.63. The highest BCUT2D eigenvalue weighted by atomic mass is 32.2. The minimum Gasteiger partial charge on any atom is -0.483 e. The molecule has 23 heteroatoms. The van der Waals surface area contributed by atoms with Crippen LogP contribution in [0.15, 0.2) is 42.5 Å². The number of nitrogens with one attached hydrogen (secondary N) is 7. The highest BCUT2D eigenvalue weighted by molar-refractivity contribution is 8.00. The fourth-order valence-corrected chi connectivity index (χ4v) is 11.2. The minimum atomic E-state index is -3.36. The Morgan fingerprint density at radius 3 is 2.51 bits per heavy atom. The number of fused-ring (bicyclic) bond motifs is 1. The van der Waals surface area contributed by atoms with E-state index in [1.54, 1.807) is 11.8 Å². The van der Waals surface area contributed by atoms with Crippen molar-refractivity contribution in [2.75, 3.05) is 64.5 Å². The van der Waals surface area contributed by atoms with Crippen LogP contribution >= 0.6 is 11.8 Å². The summed E-state index contributed by atoms with van der Waals surface area (Å²) in [5.41, 5.74) is 1.95. The number of piperidine rings is 2. The number of rotatable bonds is 18. The predicted octanol–water partition coefficient (Wildman–Crippen LogP) is -0.980. The largest absolute Gasteiger partial charge is 0.483 e. The van der Waals surface area contributed by atoms with Crippen molar-refractivity contribution in [1.29, 1.82) is 0 Å². The first-order valence-electron chi connectivity index (χ1n) is 22.5. The van der Waals surface area contributed by atoms with Gasteiger partial charge >= 0.3 is 0 Å². The van der Waals surface area contributed by atoms with E-state index in [4.69, 9.17) is 9.47 Å². The van der Waals surface area contributed by atoms with Gasteiger partial charge in [-0.15, -0.1) is 11.8 Å². The third kappa shape index (κ3) is 11.6. The minimum absolute atomic E-state index is 0.00454. The van der Waals surface area contributed by atoms with Crippen molar-refractivity contribution in [3.8, 4) is 5.75 Å². The van der Waals surface area contributed by atoms with Gasteiger partial charge in [0.15, 0.2) is 6.61 Å². The Hall–Kier alpha value is -5.46. The molecule has 2 aromatic carbocycles. The molecule has 0 spiro atoms. The van der Waals surface area contributed by atoms with Gasteiger partial charge in [0.25, 0.3) is 17.7 Å². The number of sulfonamides is 1.